The third kappa shape index (κ3) is 4.94. The first kappa shape index (κ1) is 15.4. The Balaban J connectivity index is 2.84. The van der Waals surface area contributed by atoms with Gasteiger partial charge in [0, 0.05) is 32.2 Å². The first-order valence-corrected chi connectivity index (χ1v) is 6.84. The molecule has 1 atom stereocenters. The highest BCUT2D eigenvalue weighted by molar-refractivity contribution is 5.67. The Morgan fingerprint density at radius 3 is 2.50 bits per heavy atom. The van der Waals surface area contributed by atoms with Crippen LogP contribution < -0.4 is 0 Å². The molecule has 0 aromatic rings. The van der Waals surface area contributed by atoms with Crippen molar-refractivity contribution in [1.82, 2.24) is 9.80 Å². The van der Waals surface area contributed by atoms with E-state index in [-0.39, 0.29) is 17.9 Å². The Kier molecular flexibility index (Phi) is 5.17. The normalized spacial score (nSPS) is 26.2. The van der Waals surface area contributed by atoms with Gasteiger partial charge in [0.25, 0.3) is 0 Å². The van der Waals surface area contributed by atoms with Crippen molar-refractivity contribution >= 4 is 5.97 Å². The lowest BCUT2D eigenvalue weighted by atomic mass is 9.92. The maximum absolute atomic E-state index is 11.0. The minimum absolute atomic E-state index is 0.136. The first-order chi connectivity index (χ1) is 8.19. The molecule has 1 aliphatic heterocycles. The van der Waals surface area contributed by atoms with Gasteiger partial charge < -0.3 is 10.0 Å². The number of carbonyl (C=O) groups is 1. The van der Waals surface area contributed by atoms with Crippen LogP contribution in [-0.4, -0.2) is 60.1 Å². The lowest BCUT2D eigenvalue weighted by molar-refractivity contribution is -0.138. The molecule has 0 aromatic carbocycles. The van der Waals surface area contributed by atoms with Gasteiger partial charge in [0.2, 0.25) is 0 Å². The zero-order chi connectivity index (χ0) is 13.9. The molecule has 0 amide bonds. The van der Waals surface area contributed by atoms with Crippen LogP contribution in [0, 0.1) is 11.3 Å². The van der Waals surface area contributed by atoms with E-state index >= 15 is 0 Å². The van der Waals surface area contributed by atoms with Crippen molar-refractivity contribution in [2.75, 3.05) is 33.2 Å². The van der Waals surface area contributed by atoms with Crippen molar-refractivity contribution in [2.45, 2.75) is 40.2 Å². The predicted octanol–water partition coefficient (Wildman–Crippen LogP) is 1.76. The Morgan fingerprint density at radius 2 is 2.00 bits per heavy atom. The maximum atomic E-state index is 11.0. The highest BCUT2D eigenvalue weighted by atomic mass is 16.4. The average molecular weight is 256 g/mol. The van der Waals surface area contributed by atoms with E-state index in [2.05, 4.69) is 44.5 Å². The third-order valence-electron chi connectivity index (χ3n) is 3.38. The monoisotopic (exact) mass is 256 g/mol. The summed E-state index contributed by atoms with van der Waals surface area (Å²) < 4.78 is 0. The number of likely N-dealkylation sites (N-methyl/N-ethyl adjacent to an activating group) is 1. The van der Waals surface area contributed by atoms with Crippen LogP contribution in [0.2, 0.25) is 0 Å². The summed E-state index contributed by atoms with van der Waals surface area (Å²) >= 11 is 0. The highest BCUT2D eigenvalue weighted by Gasteiger charge is 2.33. The van der Waals surface area contributed by atoms with E-state index in [9.17, 15) is 4.79 Å². The molecule has 1 unspecified atom stereocenters. The second-order valence-electron chi connectivity index (χ2n) is 6.94. The number of rotatable bonds is 4. The molecule has 18 heavy (non-hydrogen) atoms. The lowest BCUT2D eigenvalue weighted by Gasteiger charge is -2.34. The van der Waals surface area contributed by atoms with Gasteiger partial charge >= 0.3 is 5.97 Å². The second kappa shape index (κ2) is 6.02. The zero-order valence-electron chi connectivity index (χ0n) is 12.4. The molecule has 1 heterocycles. The summed E-state index contributed by atoms with van der Waals surface area (Å²) in [7, 11) is 2.09. The number of carboxylic acid groups (broad SMARTS) is 1. The van der Waals surface area contributed by atoms with Crippen molar-refractivity contribution in [1.29, 1.82) is 0 Å². The van der Waals surface area contributed by atoms with E-state index in [1.54, 1.807) is 0 Å². The van der Waals surface area contributed by atoms with E-state index in [4.69, 9.17) is 5.11 Å². The third-order valence-corrected chi connectivity index (χ3v) is 3.38. The Morgan fingerprint density at radius 1 is 1.39 bits per heavy atom. The number of hydrogen-bond acceptors (Lipinski definition) is 3. The standard InChI is InChI=1S/C14H28N2O2/c1-11(2)7-16-10-14(3,4)9-15(5)8-12(16)6-13(17)18/h11-12H,6-10H2,1-5H3,(H,17,18). The van der Waals surface area contributed by atoms with Gasteiger partial charge in [0.1, 0.15) is 0 Å². The first-order valence-electron chi connectivity index (χ1n) is 6.84. The van der Waals surface area contributed by atoms with Crippen molar-refractivity contribution in [3.63, 3.8) is 0 Å². The second-order valence-corrected chi connectivity index (χ2v) is 6.94. The average Bonchev–Trinajstić information content (AvgIpc) is 2.20. The number of aliphatic carboxylic acids is 1. The molecule has 0 radical (unpaired) electrons. The summed E-state index contributed by atoms with van der Waals surface area (Å²) in [5.74, 6) is -0.123. The van der Waals surface area contributed by atoms with Crippen LogP contribution in [0.15, 0.2) is 0 Å². The van der Waals surface area contributed by atoms with Crippen LogP contribution in [0.5, 0.6) is 0 Å². The largest absolute Gasteiger partial charge is 0.481 e. The van der Waals surface area contributed by atoms with Gasteiger partial charge in [-0.2, -0.15) is 0 Å². The van der Waals surface area contributed by atoms with Crippen LogP contribution in [0.4, 0.5) is 0 Å². The van der Waals surface area contributed by atoms with Crippen LogP contribution in [0.25, 0.3) is 0 Å². The van der Waals surface area contributed by atoms with Crippen LogP contribution in [0.3, 0.4) is 0 Å². The van der Waals surface area contributed by atoms with Gasteiger partial charge in [0.05, 0.1) is 6.42 Å². The molecule has 0 bridgehead atoms. The SMILES string of the molecule is CC(C)CN1CC(C)(C)CN(C)CC1CC(=O)O. The zero-order valence-corrected chi connectivity index (χ0v) is 12.4. The molecule has 1 N–H and O–H groups in total. The number of carboxylic acids is 1. The molecule has 1 aliphatic rings. The number of hydrogen-bond donors (Lipinski definition) is 1. The molecule has 4 heteroatoms. The summed E-state index contributed by atoms with van der Waals surface area (Å²) in [6.07, 6.45) is 0.243. The maximum Gasteiger partial charge on any atom is 0.304 e. The molecule has 0 saturated carbocycles. The van der Waals surface area contributed by atoms with E-state index in [1.165, 1.54) is 0 Å². The van der Waals surface area contributed by atoms with Gasteiger partial charge in [-0.25, -0.2) is 0 Å². The number of nitrogens with zero attached hydrogens (tertiary/aromatic N) is 2. The van der Waals surface area contributed by atoms with Gasteiger partial charge in [-0.3, -0.25) is 9.69 Å². The van der Waals surface area contributed by atoms with Crippen LogP contribution >= 0.6 is 0 Å². The molecule has 1 fully saturated rings. The quantitative estimate of drug-likeness (QED) is 0.832. The molecule has 0 aliphatic carbocycles. The Bertz CT molecular complexity index is 290. The summed E-state index contributed by atoms with van der Waals surface area (Å²) in [4.78, 5) is 15.7. The lowest BCUT2D eigenvalue weighted by Crippen LogP contribution is -2.44. The molecule has 1 rings (SSSR count). The summed E-state index contributed by atoms with van der Waals surface area (Å²) in [6, 6.07) is 0.136. The van der Waals surface area contributed by atoms with Crippen LogP contribution in [-0.2, 0) is 4.79 Å². The van der Waals surface area contributed by atoms with Gasteiger partial charge in [-0.15, -0.1) is 0 Å². The Hall–Kier alpha value is -0.610. The van der Waals surface area contributed by atoms with Crippen molar-refractivity contribution in [3.8, 4) is 0 Å². The summed E-state index contributed by atoms with van der Waals surface area (Å²) in [6.45, 7) is 12.8. The fourth-order valence-electron chi connectivity index (χ4n) is 3.08. The molecule has 4 nitrogen and oxygen atoms in total. The predicted molar refractivity (Wildman–Crippen MR) is 73.7 cm³/mol. The van der Waals surface area contributed by atoms with Gasteiger partial charge in [-0.1, -0.05) is 27.7 Å². The van der Waals surface area contributed by atoms with Gasteiger partial charge in [-0.05, 0) is 18.4 Å². The van der Waals surface area contributed by atoms with E-state index < -0.39 is 5.97 Å². The van der Waals surface area contributed by atoms with E-state index in [0.29, 0.717) is 5.92 Å². The topological polar surface area (TPSA) is 43.8 Å². The highest BCUT2D eigenvalue weighted by Crippen LogP contribution is 2.25. The van der Waals surface area contributed by atoms with Crippen molar-refractivity contribution in [2.24, 2.45) is 11.3 Å². The summed E-state index contributed by atoms with van der Waals surface area (Å²) in [5.41, 5.74) is 0.219. The van der Waals surface area contributed by atoms with Gasteiger partial charge in [0.15, 0.2) is 0 Å². The van der Waals surface area contributed by atoms with Crippen molar-refractivity contribution in [3.05, 3.63) is 0 Å². The Labute approximate surface area is 111 Å². The summed E-state index contributed by atoms with van der Waals surface area (Å²) in [5, 5.41) is 9.08. The fraction of sp³-hybridized carbons (Fsp3) is 0.929. The molecule has 0 spiro atoms. The minimum Gasteiger partial charge on any atom is -0.481 e. The van der Waals surface area contributed by atoms with Crippen LogP contribution in [0.1, 0.15) is 34.1 Å². The molecule has 1 saturated heterocycles. The fourth-order valence-corrected chi connectivity index (χ4v) is 3.08. The molecular weight excluding hydrogens is 228 g/mol. The van der Waals surface area contributed by atoms with Crippen molar-refractivity contribution < 1.29 is 9.90 Å². The smallest absolute Gasteiger partial charge is 0.304 e. The molecule has 0 aromatic heterocycles. The van der Waals surface area contributed by atoms with E-state index in [1.807, 2.05) is 0 Å². The van der Waals surface area contributed by atoms with E-state index in [0.717, 1.165) is 26.2 Å². The molecule has 106 valence electrons. The minimum atomic E-state index is -0.693. The molecular formula is C14H28N2O2.